The van der Waals surface area contributed by atoms with Crippen molar-refractivity contribution in [3.63, 3.8) is 0 Å². The Morgan fingerprint density at radius 1 is 1.33 bits per heavy atom. The molecule has 1 aromatic carbocycles. The number of carbonyl (C=O) groups excluding carboxylic acids is 1. The molecule has 4 nitrogen and oxygen atoms in total. The van der Waals surface area contributed by atoms with E-state index in [4.69, 9.17) is 5.26 Å². The second-order valence-corrected chi connectivity index (χ2v) is 5.95. The van der Waals surface area contributed by atoms with Crippen molar-refractivity contribution in [2.45, 2.75) is 37.6 Å². The maximum absolute atomic E-state index is 12.3. The molecule has 0 saturated heterocycles. The molecule has 0 amide bonds. The van der Waals surface area contributed by atoms with E-state index in [1.54, 1.807) is 6.07 Å². The zero-order chi connectivity index (χ0) is 14.4. The minimum Gasteiger partial charge on any atom is -0.334 e. The highest BCUT2D eigenvalue weighted by molar-refractivity contribution is 5.99. The number of rotatable bonds is 0. The number of fused-ring (bicyclic) bond motifs is 4. The maximum atomic E-state index is 12.3. The van der Waals surface area contributed by atoms with Gasteiger partial charge in [0, 0.05) is 35.8 Å². The van der Waals surface area contributed by atoms with Crippen LogP contribution in [0.2, 0.25) is 0 Å². The monoisotopic (exact) mass is 277 g/mol. The van der Waals surface area contributed by atoms with Crippen LogP contribution < -0.4 is 0 Å². The lowest BCUT2D eigenvalue weighted by Gasteiger charge is -2.42. The summed E-state index contributed by atoms with van der Waals surface area (Å²) in [4.78, 5) is 16.6. The Morgan fingerprint density at radius 2 is 2.24 bits per heavy atom. The predicted molar refractivity (Wildman–Crippen MR) is 77.0 cm³/mol. The van der Waals surface area contributed by atoms with Gasteiger partial charge in [-0.1, -0.05) is 6.07 Å². The first kappa shape index (κ1) is 12.3. The molecule has 104 valence electrons. The van der Waals surface area contributed by atoms with Crippen LogP contribution in [0.15, 0.2) is 30.7 Å². The lowest BCUT2D eigenvalue weighted by Crippen LogP contribution is -2.39. The standard InChI is InChI=1S/C17H15N3O/c18-9-12-2-3-14-13(8-12)15(21)4-6-17(14)5-1-7-20-11-19-10-16(17)20/h2-3,8,10-11H,1,4-7H2. The number of hydrogen-bond donors (Lipinski definition) is 0. The van der Waals surface area contributed by atoms with Crippen LogP contribution >= 0.6 is 0 Å². The average molecular weight is 277 g/mol. The Bertz CT molecular complexity index is 784. The molecule has 2 aliphatic rings. The van der Waals surface area contributed by atoms with Crippen LogP contribution in [0.4, 0.5) is 0 Å². The highest BCUT2D eigenvalue weighted by Crippen LogP contribution is 2.47. The van der Waals surface area contributed by atoms with Gasteiger partial charge in [-0.25, -0.2) is 4.98 Å². The van der Waals surface area contributed by atoms with Crippen molar-refractivity contribution in [2.24, 2.45) is 0 Å². The third-order valence-corrected chi connectivity index (χ3v) is 4.95. The zero-order valence-electron chi connectivity index (χ0n) is 11.7. The largest absolute Gasteiger partial charge is 0.334 e. The van der Waals surface area contributed by atoms with Gasteiger partial charge in [-0.15, -0.1) is 0 Å². The Labute approximate surface area is 123 Å². The van der Waals surface area contributed by atoms with Gasteiger partial charge >= 0.3 is 0 Å². The average Bonchev–Trinajstić information content (AvgIpc) is 3.01. The van der Waals surface area contributed by atoms with E-state index >= 15 is 0 Å². The second-order valence-electron chi connectivity index (χ2n) is 5.95. The predicted octanol–water partition coefficient (Wildman–Crippen LogP) is 2.81. The molecule has 1 aliphatic carbocycles. The Kier molecular flexibility index (Phi) is 2.52. The lowest BCUT2D eigenvalue weighted by molar-refractivity contribution is 0.0951. The molecule has 0 radical (unpaired) electrons. The zero-order valence-corrected chi connectivity index (χ0v) is 11.7. The summed E-state index contributed by atoms with van der Waals surface area (Å²) in [5, 5.41) is 9.08. The van der Waals surface area contributed by atoms with Crippen molar-refractivity contribution >= 4 is 5.78 Å². The van der Waals surface area contributed by atoms with Crippen molar-refractivity contribution in [2.75, 3.05) is 0 Å². The van der Waals surface area contributed by atoms with E-state index < -0.39 is 0 Å². The number of hydrogen-bond acceptors (Lipinski definition) is 3. The van der Waals surface area contributed by atoms with E-state index in [1.165, 1.54) is 5.69 Å². The fourth-order valence-electron chi connectivity index (χ4n) is 3.96. The number of imidazole rings is 1. The molecule has 1 aliphatic heterocycles. The second kappa shape index (κ2) is 4.29. The molecular weight excluding hydrogens is 262 g/mol. The molecule has 0 fully saturated rings. The van der Waals surface area contributed by atoms with Crippen molar-refractivity contribution < 1.29 is 4.79 Å². The molecule has 0 saturated carbocycles. The van der Waals surface area contributed by atoms with Crippen molar-refractivity contribution in [3.05, 3.63) is 53.1 Å². The molecule has 0 bridgehead atoms. The minimum atomic E-state index is -0.105. The molecule has 1 spiro atoms. The number of carbonyl (C=O) groups is 1. The summed E-state index contributed by atoms with van der Waals surface area (Å²) in [7, 11) is 0. The molecule has 0 N–H and O–H groups in total. The molecule has 1 unspecified atom stereocenters. The van der Waals surface area contributed by atoms with Crippen LogP contribution in [-0.2, 0) is 12.0 Å². The van der Waals surface area contributed by atoms with Gasteiger partial charge in [0.25, 0.3) is 0 Å². The van der Waals surface area contributed by atoms with E-state index in [2.05, 4.69) is 15.6 Å². The van der Waals surface area contributed by atoms with Crippen molar-refractivity contribution in [1.29, 1.82) is 5.26 Å². The highest BCUT2D eigenvalue weighted by Gasteiger charge is 2.44. The highest BCUT2D eigenvalue weighted by atomic mass is 16.1. The Hall–Kier alpha value is -2.41. The molecule has 21 heavy (non-hydrogen) atoms. The molecule has 4 heteroatoms. The number of nitrogens with zero attached hydrogens (tertiary/aromatic N) is 3. The number of aromatic nitrogens is 2. The first-order valence-corrected chi connectivity index (χ1v) is 7.33. The van der Waals surface area contributed by atoms with Gasteiger partial charge in [0.05, 0.1) is 18.0 Å². The fourth-order valence-corrected chi connectivity index (χ4v) is 3.96. The van der Waals surface area contributed by atoms with Crippen LogP contribution in [0.1, 0.15) is 52.9 Å². The van der Waals surface area contributed by atoms with Crippen LogP contribution in [-0.4, -0.2) is 15.3 Å². The normalized spacial score (nSPS) is 23.5. The number of Topliss-reactive ketones (excluding diaryl/α,β-unsaturated/α-hetero) is 1. The molecule has 1 atom stereocenters. The molecule has 2 aromatic rings. The molecular formula is C17H15N3O. The maximum Gasteiger partial charge on any atom is 0.163 e. The van der Waals surface area contributed by atoms with E-state index in [0.717, 1.165) is 36.9 Å². The van der Waals surface area contributed by atoms with Crippen molar-refractivity contribution in [1.82, 2.24) is 9.55 Å². The lowest BCUT2D eigenvalue weighted by atomic mass is 9.64. The van der Waals surface area contributed by atoms with Crippen LogP contribution in [0.3, 0.4) is 0 Å². The fraction of sp³-hybridized carbons (Fsp3) is 0.353. The summed E-state index contributed by atoms with van der Waals surface area (Å²) in [6.07, 6.45) is 7.36. The van der Waals surface area contributed by atoms with E-state index in [-0.39, 0.29) is 11.2 Å². The van der Waals surface area contributed by atoms with Gasteiger partial charge in [-0.05, 0) is 37.0 Å². The smallest absolute Gasteiger partial charge is 0.163 e. The van der Waals surface area contributed by atoms with E-state index in [1.807, 2.05) is 24.7 Å². The Balaban J connectivity index is 1.98. The SMILES string of the molecule is N#Cc1ccc2c(c1)C(=O)CCC21CCCn2cncc21. The Morgan fingerprint density at radius 3 is 3.10 bits per heavy atom. The van der Waals surface area contributed by atoms with E-state index in [9.17, 15) is 4.79 Å². The topological polar surface area (TPSA) is 58.7 Å². The number of aryl methyl sites for hydroxylation is 1. The van der Waals surface area contributed by atoms with Crippen molar-refractivity contribution in [3.8, 4) is 6.07 Å². The summed E-state index contributed by atoms with van der Waals surface area (Å²) in [5.41, 5.74) is 3.48. The first-order chi connectivity index (χ1) is 10.2. The van der Waals surface area contributed by atoms with Crippen LogP contribution in [0, 0.1) is 11.3 Å². The van der Waals surface area contributed by atoms with Gasteiger partial charge in [0.1, 0.15) is 0 Å². The van der Waals surface area contributed by atoms with E-state index in [0.29, 0.717) is 12.0 Å². The van der Waals surface area contributed by atoms with Gasteiger partial charge in [-0.3, -0.25) is 4.79 Å². The quantitative estimate of drug-likeness (QED) is 0.744. The summed E-state index contributed by atoms with van der Waals surface area (Å²) in [6, 6.07) is 7.70. The van der Waals surface area contributed by atoms with Gasteiger partial charge in [0.15, 0.2) is 5.78 Å². The minimum absolute atomic E-state index is 0.105. The van der Waals surface area contributed by atoms with Crippen LogP contribution in [0.25, 0.3) is 0 Å². The summed E-state index contributed by atoms with van der Waals surface area (Å²) < 4.78 is 2.21. The molecule has 2 heterocycles. The third kappa shape index (κ3) is 1.61. The number of benzene rings is 1. The van der Waals surface area contributed by atoms with Crippen LogP contribution in [0.5, 0.6) is 0 Å². The molecule has 1 aromatic heterocycles. The first-order valence-electron chi connectivity index (χ1n) is 7.33. The number of ketones is 1. The van der Waals surface area contributed by atoms with Gasteiger partial charge < -0.3 is 4.57 Å². The summed E-state index contributed by atoms with van der Waals surface area (Å²) in [6.45, 7) is 0.997. The van der Waals surface area contributed by atoms with Gasteiger partial charge in [0.2, 0.25) is 0 Å². The third-order valence-electron chi connectivity index (χ3n) is 4.95. The van der Waals surface area contributed by atoms with Gasteiger partial charge in [-0.2, -0.15) is 5.26 Å². The molecule has 4 rings (SSSR count). The number of nitriles is 1. The summed E-state index contributed by atoms with van der Waals surface area (Å²) in [5.74, 6) is 0.157. The summed E-state index contributed by atoms with van der Waals surface area (Å²) >= 11 is 0.